The van der Waals surface area contributed by atoms with Crippen molar-refractivity contribution in [1.29, 1.82) is 0 Å². The Labute approximate surface area is 126 Å². The van der Waals surface area contributed by atoms with Gasteiger partial charge in [0.1, 0.15) is 5.75 Å². The number of hydrogen-bond acceptors (Lipinski definition) is 3. The summed E-state index contributed by atoms with van der Waals surface area (Å²) in [6, 6.07) is 15.9. The highest BCUT2D eigenvalue weighted by Gasteiger charge is 2.05. The van der Waals surface area contributed by atoms with E-state index in [1.165, 1.54) is 5.56 Å². The summed E-state index contributed by atoms with van der Waals surface area (Å²) >= 11 is 0. The molecule has 0 aliphatic carbocycles. The smallest absolute Gasteiger partial charge is 0.161 e. The highest BCUT2D eigenvalue weighted by molar-refractivity contribution is 5.42. The van der Waals surface area contributed by atoms with Crippen LogP contribution in [0.25, 0.3) is 0 Å². The van der Waals surface area contributed by atoms with Crippen molar-refractivity contribution in [2.24, 2.45) is 0 Å². The number of hydrogen-bond donors (Lipinski definition) is 0. The van der Waals surface area contributed by atoms with Crippen LogP contribution in [-0.4, -0.2) is 20.3 Å². The molecule has 0 fully saturated rings. The van der Waals surface area contributed by atoms with E-state index in [1.54, 1.807) is 7.11 Å². The second kappa shape index (κ2) is 8.20. The first-order valence-corrected chi connectivity index (χ1v) is 7.31. The lowest BCUT2D eigenvalue weighted by Gasteiger charge is -2.12. The summed E-state index contributed by atoms with van der Waals surface area (Å²) < 4.78 is 16.8. The number of ether oxygens (including phenoxy) is 3. The SMILES string of the molecule is CCc1ccc(OC)c(OCCCOc2ccccc2)c1. The number of para-hydroxylation sites is 1. The lowest BCUT2D eigenvalue weighted by atomic mass is 10.1. The third kappa shape index (κ3) is 4.71. The first kappa shape index (κ1) is 15.2. The maximum Gasteiger partial charge on any atom is 0.161 e. The molecule has 3 nitrogen and oxygen atoms in total. The van der Waals surface area contributed by atoms with Gasteiger partial charge in [-0.15, -0.1) is 0 Å². The van der Waals surface area contributed by atoms with Gasteiger partial charge in [-0.2, -0.15) is 0 Å². The molecule has 0 radical (unpaired) electrons. The Morgan fingerprint density at radius 1 is 0.857 bits per heavy atom. The van der Waals surface area contributed by atoms with Crippen LogP contribution in [0.4, 0.5) is 0 Å². The van der Waals surface area contributed by atoms with Crippen LogP contribution >= 0.6 is 0 Å². The maximum atomic E-state index is 5.80. The Morgan fingerprint density at radius 3 is 2.33 bits per heavy atom. The average molecular weight is 286 g/mol. The van der Waals surface area contributed by atoms with Crippen molar-refractivity contribution in [2.45, 2.75) is 19.8 Å². The first-order valence-electron chi connectivity index (χ1n) is 7.31. The predicted molar refractivity (Wildman–Crippen MR) is 84.4 cm³/mol. The van der Waals surface area contributed by atoms with Gasteiger partial charge in [-0.1, -0.05) is 31.2 Å². The summed E-state index contributed by atoms with van der Waals surface area (Å²) in [4.78, 5) is 0. The molecule has 0 saturated heterocycles. The molecule has 3 heteroatoms. The zero-order valence-corrected chi connectivity index (χ0v) is 12.7. The summed E-state index contributed by atoms with van der Waals surface area (Å²) in [6.45, 7) is 3.37. The molecule has 0 heterocycles. The molecule has 0 unspecified atom stereocenters. The summed E-state index contributed by atoms with van der Waals surface area (Å²) in [5, 5.41) is 0. The summed E-state index contributed by atoms with van der Waals surface area (Å²) in [5.74, 6) is 2.47. The zero-order valence-electron chi connectivity index (χ0n) is 12.7. The van der Waals surface area contributed by atoms with Crippen LogP contribution in [0.3, 0.4) is 0 Å². The van der Waals surface area contributed by atoms with Crippen LogP contribution in [0.2, 0.25) is 0 Å². The van der Waals surface area contributed by atoms with Crippen LogP contribution in [0, 0.1) is 0 Å². The minimum Gasteiger partial charge on any atom is -0.493 e. The van der Waals surface area contributed by atoms with Crippen molar-refractivity contribution < 1.29 is 14.2 Å². The molecule has 2 aromatic carbocycles. The van der Waals surface area contributed by atoms with Crippen molar-refractivity contribution in [3.63, 3.8) is 0 Å². The Hall–Kier alpha value is -2.16. The summed E-state index contributed by atoms with van der Waals surface area (Å²) in [5.41, 5.74) is 1.24. The fourth-order valence-electron chi connectivity index (χ4n) is 2.00. The van der Waals surface area contributed by atoms with Gasteiger partial charge in [-0.05, 0) is 36.2 Å². The Morgan fingerprint density at radius 2 is 1.62 bits per heavy atom. The van der Waals surface area contributed by atoms with Crippen LogP contribution in [-0.2, 0) is 6.42 Å². The highest BCUT2D eigenvalue weighted by atomic mass is 16.5. The highest BCUT2D eigenvalue weighted by Crippen LogP contribution is 2.28. The third-order valence-corrected chi connectivity index (χ3v) is 3.19. The van der Waals surface area contributed by atoms with Crippen LogP contribution in [0.5, 0.6) is 17.2 Å². The quantitative estimate of drug-likeness (QED) is 0.684. The lowest BCUT2D eigenvalue weighted by molar-refractivity contribution is 0.240. The Balaban J connectivity index is 1.78. The van der Waals surface area contributed by atoms with E-state index in [4.69, 9.17) is 14.2 Å². The molecule has 0 atom stereocenters. The standard InChI is InChI=1S/C18H22O3/c1-3-15-10-11-17(19-2)18(14-15)21-13-7-12-20-16-8-5-4-6-9-16/h4-6,8-11,14H,3,7,12-13H2,1-2H3. The topological polar surface area (TPSA) is 27.7 Å². The second-order valence-corrected chi connectivity index (χ2v) is 4.70. The van der Waals surface area contributed by atoms with Gasteiger partial charge < -0.3 is 14.2 Å². The molecule has 0 aliphatic rings. The summed E-state index contributed by atoms with van der Waals surface area (Å²) in [7, 11) is 1.66. The van der Waals surface area contributed by atoms with Crippen molar-refractivity contribution in [3.05, 3.63) is 54.1 Å². The largest absolute Gasteiger partial charge is 0.493 e. The predicted octanol–water partition coefficient (Wildman–Crippen LogP) is 4.11. The van der Waals surface area contributed by atoms with Crippen molar-refractivity contribution in [2.75, 3.05) is 20.3 Å². The van der Waals surface area contributed by atoms with E-state index in [1.807, 2.05) is 42.5 Å². The van der Waals surface area contributed by atoms with Crippen molar-refractivity contribution in [1.82, 2.24) is 0 Å². The molecule has 0 spiro atoms. The molecule has 0 amide bonds. The monoisotopic (exact) mass is 286 g/mol. The minimum absolute atomic E-state index is 0.608. The second-order valence-electron chi connectivity index (χ2n) is 4.70. The Bertz CT molecular complexity index is 537. The van der Waals surface area contributed by atoms with Crippen LogP contribution in [0.15, 0.2) is 48.5 Å². The summed E-state index contributed by atoms with van der Waals surface area (Å²) in [6.07, 6.45) is 1.81. The van der Waals surface area contributed by atoms with Gasteiger partial charge in [-0.3, -0.25) is 0 Å². The molecule has 2 rings (SSSR count). The van der Waals surface area contributed by atoms with Crippen molar-refractivity contribution in [3.8, 4) is 17.2 Å². The van der Waals surface area contributed by atoms with Crippen LogP contribution < -0.4 is 14.2 Å². The van der Waals surface area contributed by atoms with E-state index in [9.17, 15) is 0 Å². The third-order valence-electron chi connectivity index (χ3n) is 3.19. The molecule has 0 aromatic heterocycles. The molecule has 0 bridgehead atoms. The molecule has 21 heavy (non-hydrogen) atoms. The maximum absolute atomic E-state index is 5.80. The molecular weight excluding hydrogens is 264 g/mol. The molecule has 0 N–H and O–H groups in total. The first-order chi connectivity index (χ1) is 10.3. The molecule has 112 valence electrons. The lowest BCUT2D eigenvalue weighted by Crippen LogP contribution is -2.06. The van der Waals surface area contributed by atoms with E-state index in [0.717, 1.165) is 30.1 Å². The van der Waals surface area contributed by atoms with Gasteiger partial charge in [0.15, 0.2) is 11.5 Å². The number of aryl methyl sites for hydroxylation is 1. The number of rotatable bonds is 8. The van der Waals surface area contributed by atoms with E-state index < -0.39 is 0 Å². The van der Waals surface area contributed by atoms with Gasteiger partial charge in [0.2, 0.25) is 0 Å². The minimum atomic E-state index is 0.608. The van der Waals surface area contributed by atoms with Gasteiger partial charge in [0, 0.05) is 6.42 Å². The van der Waals surface area contributed by atoms with E-state index >= 15 is 0 Å². The van der Waals surface area contributed by atoms with E-state index in [2.05, 4.69) is 13.0 Å². The van der Waals surface area contributed by atoms with E-state index in [0.29, 0.717) is 13.2 Å². The fourth-order valence-corrected chi connectivity index (χ4v) is 2.00. The number of methoxy groups -OCH3 is 1. The molecule has 0 aliphatic heterocycles. The fraction of sp³-hybridized carbons (Fsp3) is 0.333. The molecule has 2 aromatic rings. The molecular formula is C18H22O3. The Kier molecular flexibility index (Phi) is 5.95. The normalized spacial score (nSPS) is 10.2. The van der Waals surface area contributed by atoms with Gasteiger partial charge in [0.05, 0.1) is 20.3 Å². The number of benzene rings is 2. The van der Waals surface area contributed by atoms with Crippen molar-refractivity contribution >= 4 is 0 Å². The van der Waals surface area contributed by atoms with Gasteiger partial charge in [0.25, 0.3) is 0 Å². The average Bonchev–Trinajstić information content (AvgIpc) is 2.55. The van der Waals surface area contributed by atoms with E-state index in [-0.39, 0.29) is 0 Å². The van der Waals surface area contributed by atoms with Gasteiger partial charge in [-0.25, -0.2) is 0 Å². The van der Waals surface area contributed by atoms with Crippen LogP contribution in [0.1, 0.15) is 18.9 Å². The van der Waals surface area contributed by atoms with Gasteiger partial charge >= 0.3 is 0 Å². The zero-order chi connectivity index (χ0) is 14.9. The molecule has 0 saturated carbocycles.